The zero-order valence-corrected chi connectivity index (χ0v) is 8.87. The van der Waals surface area contributed by atoms with Crippen LogP contribution in [0.15, 0.2) is 30.4 Å². The van der Waals surface area contributed by atoms with E-state index in [1.54, 1.807) is 6.07 Å². The van der Waals surface area contributed by atoms with Crippen LogP contribution in [0.4, 0.5) is 4.39 Å². The summed E-state index contributed by atoms with van der Waals surface area (Å²) in [6.45, 7) is 1.93. The molecule has 1 aliphatic carbocycles. The predicted molar refractivity (Wildman–Crippen MR) is 58.5 cm³/mol. The van der Waals surface area contributed by atoms with Gasteiger partial charge in [-0.15, -0.1) is 0 Å². The number of hydrogen-bond donors (Lipinski definition) is 0. The Balaban J connectivity index is 2.12. The monoisotopic (exact) mass is 206 g/mol. The van der Waals surface area contributed by atoms with E-state index in [4.69, 9.17) is 4.74 Å². The molecule has 0 saturated heterocycles. The molecule has 1 aromatic carbocycles. The Morgan fingerprint density at radius 1 is 1.40 bits per heavy atom. The second-order valence-electron chi connectivity index (χ2n) is 3.93. The Bertz CT molecular complexity index is 371. The molecule has 0 N–H and O–H groups in total. The van der Waals surface area contributed by atoms with E-state index in [1.165, 1.54) is 12.1 Å². The van der Waals surface area contributed by atoms with E-state index in [1.807, 2.05) is 6.92 Å². The molecule has 1 atom stereocenters. The molecule has 0 spiro atoms. The number of aryl methyl sites for hydroxylation is 1. The molecule has 2 heteroatoms. The number of ether oxygens (including phenoxy) is 1. The zero-order valence-electron chi connectivity index (χ0n) is 8.87. The molecular weight excluding hydrogens is 191 g/mol. The van der Waals surface area contributed by atoms with E-state index < -0.39 is 0 Å². The van der Waals surface area contributed by atoms with Gasteiger partial charge in [0.2, 0.25) is 0 Å². The minimum atomic E-state index is -0.240. The molecular formula is C13H15FO. The SMILES string of the molecule is Cc1ccc(F)cc1OC1C=CCCC1. The van der Waals surface area contributed by atoms with Gasteiger partial charge in [-0.05, 0) is 43.9 Å². The highest BCUT2D eigenvalue weighted by atomic mass is 19.1. The average molecular weight is 206 g/mol. The van der Waals surface area contributed by atoms with Crippen molar-refractivity contribution in [3.63, 3.8) is 0 Å². The van der Waals surface area contributed by atoms with E-state index >= 15 is 0 Å². The van der Waals surface area contributed by atoms with Crippen molar-refractivity contribution in [1.82, 2.24) is 0 Å². The summed E-state index contributed by atoms with van der Waals surface area (Å²) in [6, 6.07) is 4.66. The Hall–Kier alpha value is -1.31. The molecule has 1 nitrogen and oxygen atoms in total. The van der Waals surface area contributed by atoms with Crippen LogP contribution in [0.2, 0.25) is 0 Å². The third-order valence-electron chi connectivity index (χ3n) is 2.64. The van der Waals surface area contributed by atoms with Crippen LogP contribution >= 0.6 is 0 Å². The fraction of sp³-hybridized carbons (Fsp3) is 0.385. The average Bonchev–Trinajstić information content (AvgIpc) is 2.25. The summed E-state index contributed by atoms with van der Waals surface area (Å²) in [6.07, 6.45) is 7.60. The summed E-state index contributed by atoms with van der Waals surface area (Å²) in [5, 5.41) is 0. The molecule has 0 bridgehead atoms. The summed E-state index contributed by atoms with van der Waals surface area (Å²) in [5.41, 5.74) is 0.982. The van der Waals surface area contributed by atoms with Crippen LogP contribution in [-0.2, 0) is 0 Å². The molecule has 2 rings (SSSR count). The van der Waals surface area contributed by atoms with Crippen LogP contribution in [0.3, 0.4) is 0 Å². The quantitative estimate of drug-likeness (QED) is 0.671. The lowest BCUT2D eigenvalue weighted by atomic mass is 10.1. The van der Waals surface area contributed by atoms with Crippen LogP contribution in [0.1, 0.15) is 24.8 Å². The number of allylic oxidation sites excluding steroid dienone is 1. The minimum absolute atomic E-state index is 0.110. The lowest BCUT2D eigenvalue weighted by Gasteiger charge is -2.19. The van der Waals surface area contributed by atoms with Crippen molar-refractivity contribution >= 4 is 0 Å². The third kappa shape index (κ3) is 2.58. The standard InChI is InChI=1S/C13H15FO/c1-10-7-8-11(14)9-13(10)15-12-5-3-2-4-6-12/h3,5,7-9,12H,2,4,6H2,1H3. The molecule has 0 aromatic heterocycles. The van der Waals surface area contributed by atoms with Crippen molar-refractivity contribution in [2.45, 2.75) is 32.3 Å². The first-order valence-electron chi connectivity index (χ1n) is 5.35. The molecule has 15 heavy (non-hydrogen) atoms. The van der Waals surface area contributed by atoms with Gasteiger partial charge in [0.1, 0.15) is 17.7 Å². The van der Waals surface area contributed by atoms with Gasteiger partial charge in [-0.3, -0.25) is 0 Å². The molecule has 0 fully saturated rings. The lowest BCUT2D eigenvalue weighted by Crippen LogP contribution is -2.16. The van der Waals surface area contributed by atoms with E-state index in [-0.39, 0.29) is 11.9 Å². The van der Waals surface area contributed by atoms with Crippen molar-refractivity contribution in [2.75, 3.05) is 0 Å². The smallest absolute Gasteiger partial charge is 0.126 e. The van der Waals surface area contributed by atoms with Crippen molar-refractivity contribution in [3.05, 3.63) is 41.7 Å². The second-order valence-corrected chi connectivity index (χ2v) is 3.93. The Labute approximate surface area is 89.6 Å². The molecule has 80 valence electrons. The van der Waals surface area contributed by atoms with Gasteiger partial charge in [0, 0.05) is 6.07 Å². The van der Waals surface area contributed by atoms with Gasteiger partial charge in [0.15, 0.2) is 0 Å². The summed E-state index contributed by atoms with van der Waals surface area (Å²) in [4.78, 5) is 0. The van der Waals surface area contributed by atoms with Crippen molar-refractivity contribution < 1.29 is 9.13 Å². The molecule has 0 aliphatic heterocycles. The van der Waals surface area contributed by atoms with Crippen molar-refractivity contribution in [3.8, 4) is 5.75 Å². The highest BCUT2D eigenvalue weighted by Crippen LogP contribution is 2.23. The van der Waals surface area contributed by atoms with Crippen LogP contribution in [0, 0.1) is 12.7 Å². The van der Waals surface area contributed by atoms with Crippen molar-refractivity contribution in [2.24, 2.45) is 0 Å². The van der Waals surface area contributed by atoms with E-state index in [0.717, 1.165) is 24.8 Å². The van der Waals surface area contributed by atoms with Crippen LogP contribution in [0.25, 0.3) is 0 Å². The Morgan fingerprint density at radius 3 is 3.00 bits per heavy atom. The normalized spacial score (nSPS) is 20.3. The summed E-state index contributed by atoms with van der Waals surface area (Å²) in [5.74, 6) is 0.418. The molecule has 0 saturated carbocycles. The first-order chi connectivity index (χ1) is 7.25. The first kappa shape index (κ1) is 10.2. The summed E-state index contributed by atoms with van der Waals surface area (Å²) in [7, 11) is 0. The molecule has 0 amide bonds. The van der Waals surface area contributed by atoms with Gasteiger partial charge in [-0.25, -0.2) is 4.39 Å². The van der Waals surface area contributed by atoms with Gasteiger partial charge < -0.3 is 4.74 Å². The maximum absolute atomic E-state index is 13.0. The van der Waals surface area contributed by atoms with Gasteiger partial charge in [0.25, 0.3) is 0 Å². The topological polar surface area (TPSA) is 9.23 Å². The Kier molecular flexibility index (Phi) is 3.05. The maximum Gasteiger partial charge on any atom is 0.126 e. The molecule has 1 aromatic rings. The highest BCUT2D eigenvalue weighted by Gasteiger charge is 2.11. The van der Waals surface area contributed by atoms with Gasteiger partial charge in [-0.2, -0.15) is 0 Å². The molecule has 1 unspecified atom stereocenters. The predicted octanol–water partition coefficient (Wildman–Crippen LogP) is 3.62. The first-order valence-corrected chi connectivity index (χ1v) is 5.35. The van der Waals surface area contributed by atoms with E-state index in [2.05, 4.69) is 12.2 Å². The summed E-state index contributed by atoms with van der Waals surface area (Å²) >= 11 is 0. The minimum Gasteiger partial charge on any atom is -0.486 e. The van der Waals surface area contributed by atoms with Crippen LogP contribution < -0.4 is 4.74 Å². The second kappa shape index (κ2) is 4.47. The zero-order chi connectivity index (χ0) is 10.7. The van der Waals surface area contributed by atoms with Gasteiger partial charge >= 0.3 is 0 Å². The number of halogens is 1. The molecule has 1 aliphatic rings. The lowest BCUT2D eigenvalue weighted by molar-refractivity contribution is 0.227. The third-order valence-corrected chi connectivity index (χ3v) is 2.64. The van der Waals surface area contributed by atoms with Crippen LogP contribution in [0.5, 0.6) is 5.75 Å². The molecule has 0 heterocycles. The van der Waals surface area contributed by atoms with Gasteiger partial charge in [0.05, 0.1) is 0 Å². The number of rotatable bonds is 2. The fourth-order valence-corrected chi connectivity index (χ4v) is 1.74. The molecule has 0 radical (unpaired) electrons. The van der Waals surface area contributed by atoms with Gasteiger partial charge in [-0.1, -0.05) is 12.1 Å². The highest BCUT2D eigenvalue weighted by molar-refractivity contribution is 5.33. The fourth-order valence-electron chi connectivity index (χ4n) is 1.74. The Morgan fingerprint density at radius 2 is 2.27 bits per heavy atom. The van der Waals surface area contributed by atoms with Crippen molar-refractivity contribution in [1.29, 1.82) is 0 Å². The maximum atomic E-state index is 13.0. The summed E-state index contributed by atoms with van der Waals surface area (Å²) < 4.78 is 18.7. The largest absolute Gasteiger partial charge is 0.486 e. The van der Waals surface area contributed by atoms with E-state index in [0.29, 0.717) is 5.75 Å². The van der Waals surface area contributed by atoms with Crippen LogP contribution in [-0.4, -0.2) is 6.10 Å². The number of benzene rings is 1. The van der Waals surface area contributed by atoms with E-state index in [9.17, 15) is 4.39 Å². The number of hydrogen-bond acceptors (Lipinski definition) is 1.